The molecule has 1 aliphatic carbocycles. The van der Waals surface area contributed by atoms with Crippen LogP contribution in [0.15, 0.2) is 47.4 Å². The third-order valence-electron chi connectivity index (χ3n) is 5.56. The predicted octanol–water partition coefficient (Wildman–Crippen LogP) is 2.99. The van der Waals surface area contributed by atoms with Gasteiger partial charge < -0.3 is 10.1 Å². The molecule has 1 fully saturated rings. The third-order valence-corrected chi connectivity index (χ3v) is 7.52. The Morgan fingerprint density at radius 1 is 1.13 bits per heavy atom. The van der Waals surface area contributed by atoms with Gasteiger partial charge in [-0.05, 0) is 55.2 Å². The minimum Gasteiger partial charge on any atom is -0.455 e. The normalized spacial score (nSPS) is 15.3. The van der Waals surface area contributed by atoms with E-state index in [1.165, 1.54) is 32.3 Å². The van der Waals surface area contributed by atoms with Gasteiger partial charge in [-0.1, -0.05) is 24.6 Å². The summed E-state index contributed by atoms with van der Waals surface area (Å²) >= 11 is 0. The van der Waals surface area contributed by atoms with Crippen molar-refractivity contribution in [1.29, 1.82) is 0 Å². The molecule has 1 aliphatic rings. The van der Waals surface area contributed by atoms with Crippen molar-refractivity contribution in [3.05, 3.63) is 59.4 Å². The van der Waals surface area contributed by atoms with Crippen LogP contribution in [0.2, 0.25) is 0 Å². The zero-order valence-corrected chi connectivity index (χ0v) is 18.5. The van der Waals surface area contributed by atoms with Gasteiger partial charge in [-0.15, -0.1) is 0 Å². The molecular weight excluding hydrogens is 423 g/mol. The third kappa shape index (κ3) is 4.62. The number of carbonyl (C=O) groups excluding carboxylic acids is 2. The molecule has 0 spiro atoms. The molecule has 0 unspecified atom stereocenters. The Morgan fingerprint density at radius 3 is 2.32 bits per heavy atom. The number of hydrogen-bond donors (Lipinski definition) is 1. The Kier molecular flexibility index (Phi) is 6.47. The maximum absolute atomic E-state index is 13.2. The van der Waals surface area contributed by atoms with Gasteiger partial charge in [0.1, 0.15) is 5.82 Å². The van der Waals surface area contributed by atoms with Crippen LogP contribution >= 0.6 is 0 Å². The van der Waals surface area contributed by atoms with Gasteiger partial charge in [0.25, 0.3) is 5.91 Å². The number of benzene rings is 2. The summed E-state index contributed by atoms with van der Waals surface area (Å²) in [4.78, 5) is 25.1. The van der Waals surface area contributed by atoms with Crippen LogP contribution in [0, 0.1) is 12.7 Å². The van der Waals surface area contributed by atoms with Gasteiger partial charge in [0.05, 0.1) is 10.3 Å². The van der Waals surface area contributed by atoms with E-state index in [1.54, 1.807) is 31.2 Å². The number of esters is 1. The van der Waals surface area contributed by atoms with Crippen molar-refractivity contribution in [3.63, 3.8) is 0 Å². The lowest BCUT2D eigenvalue weighted by Crippen LogP contribution is -2.44. The van der Waals surface area contributed by atoms with Gasteiger partial charge in [0, 0.05) is 19.8 Å². The van der Waals surface area contributed by atoms with Gasteiger partial charge in [-0.2, -0.15) is 0 Å². The molecule has 9 heteroatoms. The van der Waals surface area contributed by atoms with E-state index in [4.69, 9.17) is 4.74 Å². The number of anilines is 1. The number of sulfonamides is 1. The van der Waals surface area contributed by atoms with E-state index in [2.05, 4.69) is 5.32 Å². The van der Waals surface area contributed by atoms with E-state index in [1.807, 2.05) is 0 Å². The molecule has 0 atom stereocenters. The fraction of sp³-hybridized carbons (Fsp3) is 0.364. The molecule has 31 heavy (non-hydrogen) atoms. The number of hydrogen-bond acceptors (Lipinski definition) is 5. The lowest BCUT2D eigenvalue weighted by molar-refractivity contribution is -0.156. The second-order valence-corrected chi connectivity index (χ2v) is 9.95. The number of aryl methyl sites for hydroxylation is 1. The summed E-state index contributed by atoms with van der Waals surface area (Å²) in [6.07, 6.45) is 1.98. The molecular formula is C22H25FN2O5S. The van der Waals surface area contributed by atoms with Crippen LogP contribution in [0.4, 0.5) is 10.1 Å². The molecule has 0 aromatic heterocycles. The van der Waals surface area contributed by atoms with E-state index in [0.29, 0.717) is 24.0 Å². The Hall–Kier alpha value is -2.78. The van der Waals surface area contributed by atoms with Crippen molar-refractivity contribution in [3.8, 4) is 0 Å². The highest BCUT2D eigenvalue weighted by Crippen LogP contribution is 2.44. The number of rotatable bonds is 7. The Morgan fingerprint density at radius 2 is 1.77 bits per heavy atom. The van der Waals surface area contributed by atoms with E-state index in [-0.39, 0.29) is 16.4 Å². The number of ether oxygens (including phenoxy) is 1. The Balaban J connectivity index is 1.66. The maximum Gasteiger partial charge on any atom is 0.317 e. The van der Waals surface area contributed by atoms with Crippen molar-refractivity contribution in [2.24, 2.45) is 0 Å². The molecule has 2 aromatic carbocycles. The molecule has 1 saturated carbocycles. The minimum atomic E-state index is -3.67. The summed E-state index contributed by atoms with van der Waals surface area (Å²) in [5, 5.41) is 2.56. The van der Waals surface area contributed by atoms with Gasteiger partial charge in [0.2, 0.25) is 10.0 Å². The van der Waals surface area contributed by atoms with Crippen molar-refractivity contribution in [1.82, 2.24) is 4.31 Å². The van der Waals surface area contributed by atoms with Crippen LogP contribution in [0.1, 0.15) is 30.4 Å². The van der Waals surface area contributed by atoms with E-state index >= 15 is 0 Å². The zero-order valence-electron chi connectivity index (χ0n) is 17.6. The lowest BCUT2D eigenvalue weighted by atomic mass is 9.64. The largest absolute Gasteiger partial charge is 0.455 e. The molecule has 2 aromatic rings. The van der Waals surface area contributed by atoms with Crippen molar-refractivity contribution in [2.75, 3.05) is 26.0 Å². The Labute approximate surface area is 181 Å². The molecule has 0 saturated heterocycles. The van der Waals surface area contributed by atoms with E-state index < -0.39 is 33.9 Å². The first-order valence-electron chi connectivity index (χ1n) is 9.82. The summed E-state index contributed by atoms with van der Waals surface area (Å²) in [7, 11) is -0.816. The first-order valence-corrected chi connectivity index (χ1v) is 11.3. The fourth-order valence-corrected chi connectivity index (χ4v) is 4.67. The van der Waals surface area contributed by atoms with Crippen molar-refractivity contribution < 1.29 is 27.1 Å². The fourth-order valence-electron chi connectivity index (χ4n) is 3.53. The highest BCUT2D eigenvalue weighted by atomic mass is 32.2. The van der Waals surface area contributed by atoms with Gasteiger partial charge in [0.15, 0.2) is 6.61 Å². The molecule has 7 nitrogen and oxygen atoms in total. The monoisotopic (exact) mass is 448 g/mol. The SMILES string of the molecule is Cc1ccc(NC(=O)COC(=O)C2(c3ccc(F)cc3)CCC2)cc1S(=O)(=O)N(C)C. The van der Waals surface area contributed by atoms with Crippen molar-refractivity contribution in [2.45, 2.75) is 36.5 Å². The summed E-state index contributed by atoms with van der Waals surface area (Å²) < 4.78 is 44.4. The minimum absolute atomic E-state index is 0.0806. The summed E-state index contributed by atoms with van der Waals surface area (Å²) in [5.74, 6) is -1.50. The summed E-state index contributed by atoms with van der Waals surface area (Å²) in [6.45, 7) is 1.16. The second-order valence-electron chi connectivity index (χ2n) is 7.83. The highest BCUT2D eigenvalue weighted by Gasteiger charge is 2.47. The number of amides is 1. The molecule has 3 rings (SSSR count). The van der Waals surface area contributed by atoms with Gasteiger partial charge in [-0.3, -0.25) is 9.59 Å². The number of nitrogens with one attached hydrogen (secondary N) is 1. The molecule has 1 amide bonds. The maximum atomic E-state index is 13.2. The quantitative estimate of drug-likeness (QED) is 0.658. The topological polar surface area (TPSA) is 92.8 Å². The number of carbonyl (C=O) groups is 2. The van der Waals surface area contributed by atoms with Crippen LogP contribution in [0.5, 0.6) is 0 Å². The zero-order chi connectivity index (χ0) is 22.8. The molecule has 0 radical (unpaired) electrons. The van der Waals surface area contributed by atoms with Crippen LogP contribution in [-0.2, 0) is 29.8 Å². The highest BCUT2D eigenvalue weighted by molar-refractivity contribution is 7.89. The van der Waals surface area contributed by atoms with E-state index in [0.717, 1.165) is 10.7 Å². The molecule has 0 aliphatic heterocycles. The first-order chi connectivity index (χ1) is 14.6. The van der Waals surface area contributed by atoms with Crippen LogP contribution in [0.25, 0.3) is 0 Å². The molecule has 0 heterocycles. The van der Waals surface area contributed by atoms with Crippen molar-refractivity contribution >= 4 is 27.6 Å². The molecule has 1 N–H and O–H groups in total. The standard InChI is InChI=1S/C22H25FN2O5S/c1-15-5-10-18(13-19(15)31(28,29)25(2)3)24-20(26)14-30-21(27)22(11-4-12-22)16-6-8-17(23)9-7-16/h5-10,13H,4,11-12,14H2,1-3H3,(H,24,26). The number of halogens is 1. The lowest BCUT2D eigenvalue weighted by Gasteiger charge is -2.39. The van der Waals surface area contributed by atoms with Gasteiger partial charge in [-0.25, -0.2) is 17.1 Å². The predicted molar refractivity (Wildman–Crippen MR) is 114 cm³/mol. The second kappa shape index (κ2) is 8.76. The number of nitrogens with zero attached hydrogens (tertiary/aromatic N) is 1. The van der Waals surface area contributed by atoms with Crippen LogP contribution in [0.3, 0.4) is 0 Å². The Bertz CT molecular complexity index is 1090. The molecule has 0 bridgehead atoms. The molecule has 166 valence electrons. The summed E-state index contributed by atoms with van der Waals surface area (Å²) in [6, 6.07) is 10.3. The average Bonchev–Trinajstić information content (AvgIpc) is 2.68. The van der Waals surface area contributed by atoms with E-state index in [9.17, 15) is 22.4 Å². The van der Waals surface area contributed by atoms with Crippen LogP contribution in [-0.4, -0.2) is 45.3 Å². The van der Waals surface area contributed by atoms with Crippen LogP contribution < -0.4 is 5.32 Å². The summed E-state index contributed by atoms with van der Waals surface area (Å²) in [5.41, 5.74) is 0.640. The smallest absolute Gasteiger partial charge is 0.317 e. The van der Waals surface area contributed by atoms with Gasteiger partial charge >= 0.3 is 5.97 Å². The first kappa shape index (κ1) is 22.9. The average molecular weight is 449 g/mol.